The average molecular weight is 308 g/mol. The minimum absolute atomic E-state index is 0.128. The first-order valence-corrected chi connectivity index (χ1v) is 7.12. The second-order valence-electron chi connectivity index (χ2n) is 4.98. The molecule has 0 atom stereocenters. The van der Waals surface area contributed by atoms with Gasteiger partial charge < -0.3 is 0 Å². The maximum Gasteiger partial charge on any atom is 0.151 e. The lowest BCUT2D eigenvalue weighted by atomic mass is 10.0. The number of hydrogen-bond acceptors (Lipinski definition) is 2. The number of nitrogens with zero attached hydrogens (tertiary/aromatic N) is 1. The average Bonchev–Trinajstić information content (AvgIpc) is 2.58. The third kappa shape index (κ3) is 3.80. The summed E-state index contributed by atoms with van der Waals surface area (Å²) in [6, 6.07) is 21.2. The highest BCUT2D eigenvalue weighted by atomic mass is 19.1. The van der Waals surface area contributed by atoms with Crippen LogP contribution < -0.4 is 5.43 Å². The molecule has 0 bridgehead atoms. The fraction of sp³-hybridized carbons (Fsp3) is 0. The molecule has 0 aliphatic carbocycles. The van der Waals surface area contributed by atoms with Gasteiger partial charge in [0.05, 0.1) is 11.9 Å². The summed E-state index contributed by atoms with van der Waals surface area (Å²) in [5.41, 5.74) is 5.82. The molecule has 0 aromatic heterocycles. The second-order valence-corrected chi connectivity index (χ2v) is 4.98. The van der Waals surface area contributed by atoms with Crippen molar-refractivity contribution >= 4 is 11.9 Å². The molecule has 114 valence electrons. The van der Waals surface area contributed by atoms with E-state index >= 15 is 0 Å². The largest absolute Gasteiger partial charge is 0.276 e. The van der Waals surface area contributed by atoms with E-state index in [9.17, 15) is 8.78 Å². The van der Waals surface area contributed by atoms with Crippen LogP contribution >= 0.6 is 0 Å². The van der Waals surface area contributed by atoms with Gasteiger partial charge in [-0.3, -0.25) is 5.43 Å². The minimum Gasteiger partial charge on any atom is -0.276 e. The van der Waals surface area contributed by atoms with Gasteiger partial charge in [-0.05, 0) is 28.8 Å². The first-order valence-electron chi connectivity index (χ1n) is 7.12. The van der Waals surface area contributed by atoms with Crippen LogP contribution in [0.2, 0.25) is 0 Å². The molecule has 0 heterocycles. The van der Waals surface area contributed by atoms with Gasteiger partial charge >= 0.3 is 0 Å². The van der Waals surface area contributed by atoms with Crippen molar-refractivity contribution in [1.82, 2.24) is 0 Å². The Kier molecular flexibility index (Phi) is 4.43. The Labute approximate surface area is 133 Å². The van der Waals surface area contributed by atoms with E-state index in [1.807, 2.05) is 54.6 Å². The standard InChI is InChI=1S/C19H14F2N2/c20-17-10-11-19(18(21)12-17)23-22-13-14-6-8-16(9-7-14)15-4-2-1-3-5-15/h1-13,23H. The molecular formula is C19H14F2N2. The molecule has 0 saturated carbocycles. The van der Waals surface area contributed by atoms with E-state index in [0.717, 1.165) is 22.8 Å². The maximum absolute atomic E-state index is 13.4. The zero-order valence-electron chi connectivity index (χ0n) is 12.2. The fourth-order valence-electron chi connectivity index (χ4n) is 2.15. The zero-order chi connectivity index (χ0) is 16.1. The van der Waals surface area contributed by atoms with E-state index < -0.39 is 11.6 Å². The third-order valence-electron chi connectivity index (χ3n) is 3.35. The van der Waals surface area contributed by atoms with Gasteiger partial charge in [0.15, 0.2) is 5.82 Å². The van der Waals surface area contributed by atoms with Gasteiger partial charge in [0.1, 0.15) is 5.82 Å². The second kappa shape index (κ2) is 6.83. The molecule has 1 N–H and O–H groups in total. The summed E-state index contributed by atoms with van der Waals surface area (Å²) >= 11 is 0. The Balaban J connectivity index is 1.68. The van der Waals surface area contributed by atoms with Gasteiger partial charge in [0.25, 0.3) is 0 Å². The zero-order valence-corrected chi connectivity index (χ0v) is 12.2. The molecule has 4 heteroatoms. The molecule has 0 radical (unpaired) electrons. The van der Waals surface area contributed by atoms with Gasteiger partial charge in [-0.1, -0.05) is 54.6 Å². The van der Waals surface area contributed by atoms with Gasteiger partial charge in [-0.2, -0.15) is 5.10 Å². The lowest BCUT2D eigenvalue weighted by Crippen LogP contribution is -1.94. The Hall–Kier alpha value is -3.01. The highest BCUT2D eigenvalue weighted by molar-refractivity contribution is 5.81. The summed E-state index contributed by atoms with van der Waals surface area (Å²) in [6.07, 6.45) is 1.58. The monoisotopic (exact) mass is 308 g/mol. The number of hydrazone groups is 1. The fourth-order valence-corrected chi connectivity index (χ4v) is 2.15. The SMILES string of the molecule is Fc1ccc(NN=Cc2ccc(-c3ccccc3)cc2)c(F)c1. The van der Waals surface area contributed by atoms with E-state index in [1.165, 1.54) is 12.1 Å². The molecule has 3 aromatic carbocycles. The van der Waals surface area contributed by atoms with Crippen LogP contribution in [0.3, 0.4) is 0 Å². The van der Waals surface area contributed by atoms with Gasteiger partial charge in [0, 0.05) is 6.07 Å². The molecule has 0 unspecified atom stereocenters. The molecule has 0 aliphatic rings. The molecule has 3 rings (SSSR count). The summed E-state index contributed by atoms with van der Waals surface area (Å²) in [6.45, 7) is 0. The smallest absolute Gasteiger partial charge is 0.151 e. The van der Waals surface area contributed by atoms with Gasteiger partial charge in [0.2, 0.25) is 0 Å². The number of benzene rings is 3. The number of halogens is 2. The Bertz CT molecular complexity index is 813. The quantitative estimate of drug-likeness (QED) is 0.527. The first kappa shape index (κ1) is 14.9. The van der Waals surface area contributed by atoms with E-state index in [-0.39, 0.29) is 5.69 Å². The predicted molar refractivity (Wildman–Crippen MR) is 89.5 cm³/mol. The van der Waals surface area contributed by atoms with Crippen LogP contribution in [0.15, 0.2) is 77.9 Å². The molecule has 0 fully saturated rings. The van der Waals surface area contributed by atoms with E-state index in [2.05, 4.69) is 10.5 Å². The highest BCUT2D eigenvalue weighted by Crippen LogP contribution is 2.19. The van der Waals surface area contributed by atoms with Crippen LogP contribution in [0.25, 0.3) is 11.1 Å². The van der Waals surface area contributed by atoms with Crippen LogP contribution in [0, 0.1) is 11.6 Å². The number of anilines is 1. The van der Waals surface area contributed by atoms with Gasteiger partial charge in [-0.15, -0.1) is 0 Å². The molecular weight excluding hydrogens is 294 g/mol. The predicted octanol–water partition coefficient (Wildman–Crippen LogP) is 5.08. The van der Waals surface area contributed by atoms with Crippen molar-refractivity contribution in [2.24, 2.45) is 5.10 Å². The topological polar surface area (TPSA) is 24.4 Å². The van der Waals surface area contributed by atoms with E-state index in [0.29, 0.717) is 0 Å². The first-order chi connectivity index (χ1) is 11.2. The van der Waals surface area contributed by atoms with Crippen molar-refractivity contribution in [2.45, 2.75) is 0 Å². The number of nitrogens with one attached hydrogen (secondary N) is 1. The van der Waals surface area contributed by atoms with Crippen LogP contribution in [0.4, 0.5) is 14.5 Å². The molecule has 0 aliphatic heterocycles. The van der Waals surface area contributed by atoms with Crippen LogP contribution in [0.1, 0.15) is 5.56 Å². The van der Waals surface area contributed by atoms with Crippen LogP contribution in [-0.2, 0) is 0 Å². The molecule has 23 heavy (non-hydrogen) atoms. The van der Waals surface area contributed by atoms with Crippen molar-refractivity contribution in [3.8, 4) is 11.1 Å². The number of rotatable bonds is 4. The van der Waals surface area contributed by atoms with Crippen molar-refractivity contribution in [3.63, 3.8) is 0 Å². The summed E-state index contributed by atoms with van der Waals surface area (Å²) in [5, 5.41) is 3.97. The summed E-state index contributed by atoms with van der Waals surface area (Å²) in [5.74, 6) is -1.30. The van der Waals surface area contributed by atoms with Crippen molar-refractivity contribution in [3.05, 3.63) is 90.0 Å². The lowest BCUT2D eigenvalue weighted by Gasteiger charge is -2.03. The number of hydrogen-bond donors (Lipinski definition) is 1. The minimum atomic E-state index is -0.679. The maximum atomic E-state index is 13.4. The summed E-state index contributed by atoms with van der Waals surface area (Å²) in [4.78, 5) is 0. The van der Waals surface area contributed by atoms with E-state index in [4.69, 9.17) is 0 Å². The molecule has 3 aromatic rings. The normalized spacial score (nSPS) is 10.9. The Morgan fingerprint density at radius 1 is 0.783 bits per heavy atom. The molecule has 0 spiro atoms. The third-order valence-corrected chi connectivity index (χ3v) is 3.35. The summed E-state index contributed by atoms with van der Waals surface area (Å²) in [7, 11) is 0. The Morgan fingerprint density at radius 2 is 1.48 bits per heavy atom. The van der Waals surface area contributed by atoms with Crippen LogP contribution in [-0.4, -0.2) is 6.21 Å². The molecule has 0 saturated heterocycles. The Morgan fingerprint density at radius 3 is 2.17 bits per heavy atom. The van der Waals surface area contributed by atoms with Gasteiger partial charge in [-0.25, -0.2) is 8.78 Å². The van der Waals surface area contributed by atoms with Crippen molar-refractivity contribution in [1.29, 1.82) is 0 Å². The molecule has 0 amide bonds. The van der Waals surface area contributed by atoms with E-state index in [1.54, 1.807) is 6.21 Å². The lowest BCUT2D eigenvalue weighted by molar-refractivity contribution is 0.585. The van der Waals surface area contributed by atoms with Crippen molar-refractivity contribution in [2.75, 3.05) is 5.43 Å². The molecule has 2 nitrogen and oxygen atoms in total. The highest BCUT2D eigenvalue weighted by Gasteiger charge is 2.01. The van der Waals surface area contributed by atoms with Crippen LogP contribution in [0.5, 0.6) is 0 Å². The van der Waals surface area contributed by atoms with Crippen molar-refractivity contribution < 1.29 is 8.78 Å². The summed E-state index contributed by atoms with van der Waals surface area (Å²) < 4.78 is 26.2.